The molecule has 0 N–H and O–H groups in total. The SMILES string of the molecule is O=C(Cc1cccc(F)c1)C(=O)OCc1ccccc1. The fourth-order valence-electron chi connectivity index (χ4n) is 1.71. The van der Waals surface area contributed by atoms with Gasteiger partial charge in [0, 0.05) is 6.42 Å². The summed E-state index contributed by atoms with van der Waals surface area (Å²) in [6, 6.07) is 14.7. The molecule has 2 aromatic carbocycles. The topological polar surface area (TPSA) is 43.4 Å². The zero-order chi connectivity index (χ0) is 14.4. The van der Waals surface area contributed by atoms with E-state index in [9.17, 15) is 14.0 Å². The molecule has 0 radical (unpaired) electrons. The normalized spacial score (nSPS) is 10.1. The molecule has 2 aromatic rings. The second-order valence-corrected chi connectivity index (χ2v) is 4.29. The molecule has 0 atom stereocenters. The van der Waals surface area contributed by atoms with Gasteiger partial charge < -0.3 is 4.74 Å². The van der Waals surface area contributed by atoms with Crippen LogP contribution in [0.4, 0.5) is 4.39 Å². The lowest BCUT2D eigenvalue weighted by Gasteiger charge is -2.04. The van der Waals surface area contributed by atoms with Gasteiger partial charge in [0.25, 0.3) is 0 Å². The zero-order valence-corrected chi connectivity index (χ0v) is 10.7. The Morgan fingerprint density at radius 1 is 0.950 bits per heavy atom. The number of rotatable bonds is 5. The minimum Gasteiger partial charge on any atom is -0.455 e. The van der Waals surface area contributed by atoms with Gasteiger partial charge in [-0.25, -0.2) is 9.18 Å². The largest absolute Gasteiger partial charge is 0.455 e. The van der Waals surface area contributed by atoms with Crippen molar-refractivity contribution in [3.05, 3.63) is 71.5 Å². The summed E-state index contributed by atoms with van der Waals surface area (Å²) in [6.45, 7) is 0.0502. The van der Waals surface area contributed by atoms with E-state index in [-0.39, 0.29) is 13.0 Å². The Morgan fingerprint density at radius 3 is 2.35 bits per heavy atom. The molecule has 0 saturated carbocycles. The van der Waals surface area contributed by atoms with Crippen LogP contribution in [0, 0.1) is 5.82 Å². The van der Waals surface area contributed by atoms with Gasteiger partial charge in [-0.1, -0.05) is 42.5 Å². The minimum atomic E-state index is -0.905. The molecule has 0 bridgehead atoms. The van der Waals surface area contributed by atoms with Crippen LogP contribution in [-0.4, -0.2) is 11.8 Å². The first-order valence-corrected chi connectivity index (χ1v) is 6.13. The van der Waals surface area contributed by atoms with Crippen LogP contribution in [0.5, 0.6) is 0 Å². The predicted molar refractivity (Wildman–Crippen MR) is 71.3 cm³/mol. The lowest BCUT2D eigenvalue weighted by Crippen LogP contribution is -2.19. The summed E-state index contributed by atoms with van der Waals surface area (Å²) in [5.41, 5.74) is 1.26. The molecule has 3 nitrogen and oxygen atoms in total. The summed E-state index contributed by atoms with van der Waals surface area (Å²) < 4.78 is 17.9. The highest BCUT2D eigenvalue weighted by Gasteiger charge is 2.16. The van der Waals surface area contributed by atoms with Crippen molar-refractivity contribution < 1.29 is 18.7 Å². The molecular weight excluding hydrogens is 259 g/mol. The van der Waals surface area contributed by atoms with Crippen LogP contribution in [0.2, 0.25) is 0 Å². The van der Waals surface area contributed by atoms with Crippen molar-refractivity contribution >= 4 is 11.8 Å². The smallest absolute Gasteiger partial charge is 0.375 e. The average Bonchev–Trinajstić information content (AvgIpc) is 2.46. The molecule has 0 aliphatic heterocycles. The number of hydrogen-bond acceptors (Lipinski definition) is 3. The molecule has 0 heterocycles. The highest BCUT2D eigenvalue weighted by atomic mass is 19.1. The molecule has 0 aliphatic rings. The number of ketones is 1. The first-order valence-electron chi connectivity index (χ1n) is 6.13. The molecule has 0 spiro atoms. The molecule has 4 heteroatoms. The third kappa shape index (κ3) is 4.02. The number of ether oxygens (including phenoxy) is 1. The molecule has 20 heavy (non-hydrogen) atoms. The van der Waals surface area contributed by atoms with Crippen molar-refractivity contribution in [3.8, 4) is 0 Å². The minimum absolute atomic E-state index is 0.0502. The van der Waals surface area contributed by atoms with Gasteiger partial charge >= 0.3 is 5.97 Å². The van der Waals surface area contributed by atoms with Gasteiger partial charge in [0.2, 0.25) is 5.78 Å². The molecule has 0 aromatic heterocycles. The van der Waals surface area contributed by atoms with E-state index in [2.05, 4.69) is 0 Å². The molecule has 0 aliphatic carbocycles. The maximum Gasteiger partial charge on any atom is 0.375 e. The monoisotopic (exact) mass is 272 g/mol. The third-order valence-corrected chi connectivity index (χ3v) is 2.69. The maximum atomic E-state index is 13.0. The van der Waals surface area contributed by atoms with Gasteiger partial charge in [-0.2, -0.15) is 0 Å². The Kier molecular flexibility index (Phi) is 4.60. The van der Waals surface area contributed by atoms with Crippen LogP contribution in [0.3, 0.4) is 0 Å². The van der Waals surface area contributed by atoms with Gasteiger partial charge in [0.1, 0.15) is 12.4 Å². The number of halogens is 1. The van der Waals surface area contributed by atoms with Crippen molar-refractivity contribution in [1.82, 2.24) is 0 Å². The summed E-state index contributed by atoms with van der Waals surface area (Å²) in [7, 11) is 0. The molecule has 2 rings (SSSR count). The van der Waals surface area contributed by atoms with Crippen molar-refractivity contribution in [3.63, 3.8) is 0 Å². The van der Waals surface area contributed by atoms with E-state index >= 15 is 0 Å². The van der Waals surface area contributed by atoms with Gasteiger partial charge in [0.05, 0.1) is 0 Å². The quantitative estimate of drug-likeness (QED) is 0.621. The van der Waals surface area contributed by atoms with E-state index < -0.39 is 17.6 Å². The number of esters is 1. The average molecular weight is 272 g/mol. The Morgan fingerprint density at radius 2 is 1.65 bits per heavy atom. The first-order chi connectivity index (χ1) is 9.65. The fourth-order valence-corrected chi connectivity index (χ4v) is 1.71. The predicted octanol–water partition coefficient (Wildman–Crippen LogP) is 2.68. The van der Waals surface area contributed by atoms with Gasteiger partial charge in [-0.3, -0.25) is 4.79 Å². The van der Waals surface area contributed by atoms with E-state index in [1.807, 2.05) is 18.2 Å². The second-order valence-electron chi connectivity index (χ2n) is 4.29. The third-order valence-electron chi connectivity index (χ3n) is 2.69. The summed E-state index contributed by atoms with van der Waals surface area (Å²) in [5.74, 6) is -2.03. The Labute approximate surface area is 116 Å². The first kappa shape index (κ1) is 13.9. The van der Waals surface area contributed by atoms with E-state index in [4.69, 9.17) is 4.74 Å². The maximum absolute atomic E-state index is 13.0. The van der Waals surface area contributed by atoms with Crippen LogP contribution in [-0.2, 0) is 27.4 Å². The molecule has 0 unspecified atom stereocenters. The van der Waals surface area contributed by atoms with Crippen LogP contribution in [0.15, 0.2) is 54.6 Å². The fraction of sp³-hybridized carbons (Fsp3) is 0.125. The van der Waals surface area contributed by atoms with Gasteiger partial charge in [0.15, 0.2) is 0 Å². The summed E-state index contributed by atoms with van der Waals surface area (Å²) in [4.78, 5) is 23.2. The second kappa shape index (κ2) is 6.61. The van der Waals surface area contributed by atoms with Crippen LogP contribution >= 0.6 is 0 Å². The summed E-state index contributed by atoms with van der Waals surface area (Å²) >= 11 is 0. The highest BCUT2D eigenvalue weighted by Crippen LogP contribution is 2.06. The molecular formula is C16H13FO3. The van der Waals surface area contributed by atoms with E-state index in [1.165, 1.54) is 18.2 Å². The number of benzene rings is 2. The molecule has 0 amide bonds. The molecule has 0 fully saturated rings. The summed E-state index contributed by atoms with van der Waals surface area (Å²) in [6.07, 6.45) is -0.161. The lowest BCUT2D eigenvalue weighted by atomic mass is 10.1. The zero-order valence-electron chi connectivity index (χ0n) is 10.7. The van der Waals surface area contributed by atoms with Gasteiger partial charge in [-0.15, -0.1) is 0 Å². The van der Waals surface area contributed by atoms with Crippen molar-refractivity contribution in [2.75, 3.05) is 0 Å². The van der Waals surface area contributed by atoms with Crippen molar-refractivity contribution in [2.24, 2.45) is 0 Å². The van der Waals surface area contributed by atoms with Crippen molar-refractivity contribution in [1.29, 1.82) is 0 Å². The van der Waals surface area contributed by atoms with Crippen LogP contribution in [0.25, 0.3) is 0 Å². The Bertz CT molecular complexity index is 608. The van der Waals surface area contributed by atoms with E-state index in [0.717, 1.165) is 5.56 Å². The van der Waals surface area contributed by atoms with Gasteiger partial charge in [-0.05, 0) is 23.3 Å². The number of carbonyl (C=O) groups is 2. The van der Waals surface area contributed by atoms with Crippen LogP contribution in [0.1, 0.15) is 11.1 Å². The number of carbonyl (C=O) groups excluding carboxylic acids is 2. The Balaban J connectivity index is 1.88. The Hall–Kier alpha value is -2.49. The number of Topliss-reactive ketones (excluding diaryl/α,β-unsaturated/α-hetero) is 1. The standard InChI is InChI=1S/C16H13FO3/c17-14-8-4-7-13(9-14)10-15(18)16(19)20-11-12-5-2-1-3-6-12/h1-9H,10-11H2. The van der Waals surface area contributed by atoms with Crippen molar-refractivity contribution in [2.45, 2.75) is 13.0 Å². The summed E-state index contributed by atoms with van der Waals surface area (Å²) in [5, 5.41) is 0. The van der Waals surface area contributed by atoms with E-state index in [0.29, 0.717) is 5.56 Å². The molecule has 0 saturated heterocycles. The highest BCUT2D eigenvalue weighted by molar-refractivity contribution is 6.34. The van der Waals surface area contributed by atoms with Crippen LogP contribution < -0.4 is 0 Å². The van der Waals surface area contributed by atoms with E-state index in [1.54, 1.807) is 18.2 Å². The molecule has 102 valence electrons. The number of hydrogen-bond donors (Lipinski definition) is 0. The lowest BCUT2D eigenvalue weighted by molar-refractivity contribution is -0.154.